The van der Waals surface area contributed by atoms with Crippen molar-refractivity contribution in [1.29, 1.82) is 0 Å². The molecule has 0 saturated heterocycles. The molecular weight excluding hydrogens is 411 g/mol. The van der Waals surface area contributed by atoms with E-state index in [1.54, 1.807) is 33.5 Å². The van der Waals surface area contributed by atoms with Crippen LogP contribution in [0, 0.1) is 5.82 Å². The van der Waals surface area contributed by atoms with Crippen LogP contribution >= 0.6 is 0 Å². The minimum absolute atomic E-state index is 0.230. The van der Waals surface area contributed by atoms with Crippen molar-refractivity contribution in [3.63, 3.8) is 0 Å². The highest BCUT2D eigenvalue weighted by molar-refractivity contribution is 5.83. The van der Waals surface area contributed by atoms with E-state index >= 15 is 0 Å². The first-order valence-corrected chi connectivity index (χ1v) is 10.7. The summed E-state index contributed by atoms with van der Waals surface area (Å²) in [6, 6.07) is 8.62. The molecule has 172 valence electrons. The van der Waals surface area contributed by atoms with Crippen molar-refractivity contribution in [2.75, 3.05) is 41.0 Å². The summed E-state index contributed by atoms with van der Waals surface area (Å²) in [4.78, 5) is 7.86. The molecule has 7 nitrogen and oxygen atoms in total. The second-order valence-electron chi connectivity index (χ2n) is 7.18. The van der Waals surface area contributed by atoms with Crippen molar-refractivity contribution in [3.8, 4) is 17.2 Å². The number of aromatic amines is 1. The second-order valence-corrected chi connectivity index (χ2v) is 7.18. The molecule has 0 spiro atoms. The molecule has 0 saturated carbocycles. The summed E-state index contributed by atoms with van der Waals surface area (Å²) < 4.78 is 29.9. The molecule has 0 atom stereocenters. The summed E-state index contributed by atoms with van der Waals surface area (Å²) in [5, 5.41) is 7.52. The third kappa shape index (κ3) is 5.43. The zero-order valence-electron chi connectivity index (χ0n) is 19.0. The van der Waals surface area contributed by atoms with Crippen LogP contribution in [-0.2, 0) is 12.8 Å². The van der Waals surface area contributed by atoms with Gasteiger partial charge in [-0.3, -0.25) is 4.99 Å². The fraction of sp³-hybridized carbons (Fsp3) is 0.375. The Bertz CT molecular complexity index is 1060. The van der Waals surface area contributed by atoms with E-state index in [9.17, 15) is 4.39 Å². The van der Waals surface area contributed by atoms with Crippen LogP contribution in [0.1, 0.15) is 18.1 Å². The number of benzene rings is 2. The lowest BCUT2D eigenvalue weighted by Gasteiger charge is -2.15. The highest BCUT2D eigenvalue weighted by Gasteiger charge is 2.15. The number of aliphatic imine (C=N–C) groups is 1. The smallest absolute Gasteiger partial charge is 0.203 e. The Labute approximate surface area is 188 Å². The van der Waals surface area contributed by atoms with Crippen LogP contribution in [0.4, 0.5) is 4.39 Å². The fourth-order valence-electron chi connectivity index (χ4n) is 3.66. The van der Waals surface area contributed by atoms with Gasteiger partial charge in [-0.2, -0.15) is 0 Å². The van der Waals surface area contributed by atoms with Gasteiger partial charge in [-0.15, -0.1) is 0 Å². The first-order valence-electron chi connectivity index (χ1n) is 10.7. The van der Waals surface area contributed by atoms with E-state index in [2.05, 4.69) is 20.6 Å². The van der Waals surface area contributed by atoms with Crippen LogP contribution < -0.4 is 24.8 Å². The van der Waals surface area contributed by atoms with Gasteiger partial charge >= 0.3 is 0 Å². The van der Waals surface area contributed by atoms with E-state index in [0.717, 1.165) is 41.0 Å². The largest absolute Gasteiger partial charge is 0.493 e. The highest BCUT2D eigenvalue weighted by atomic mass is 19.1. The standard InChI is InChI=1S/C24H31FN4O3/c1-5-26-24(28-13-11-17-15-29-20-8-7-18(25)14-19(17)20)27-12-10-16-6-9-21(30-2)23(32-4)22(16)31-3/h6-9,14-15,29H,5,10-13H2,1-4H3,(H2,26,27,28). The predicted molar refractivity (Wildman–Crippen MR) is 126 cm³/mol. The van der Waals surface area contributed by atoms with Crippen molar-refractivity contribution in [2.24, 2.45) is 4.99 Å². The molecule has 0 aliphatic rings. The third-order valence-electron chi connectivity index (χ3n) is 5.20. The van der Waals surface area contributed by atoms with Gasteiger partial charge in [0.2, 0.25) is 5.75 Å². The van der Waals surface area contributed by atoms with Crippen LogP contribution in [0.5, 0.6) is 17.2 Å². The van der Waals surface area contributed by atoms with Gasteiger partial charge in [-0.05, 0) is 49.6 Å². The van der Waals surface area contributed by atoms with Gasteiger partial charge in [-0.25, -0.2) is 4.39 Å². The molecule has 0 aliphatic carbocycles. The number of halogens is 1. The molecule has 32 heavy (non-hydrogen) atoms. The molecule has 0 fully saturated rings. The van der Waals surface area contributed by atoms with Gasteiger partial charge in [0.15, 0.2) is 17.5 Å². The van der Waals surface area contributed by atoms with E-state index in [1.807, 2.05) is 25.3 Å². The van der Waals surface area contributed by atoms with E-state index in [0.29, 0.717) is 36.8 Å². The normalized spacial score (nSPS) is 11.5. The molecule has 8 heteroatoms. The number of ether oxygens (including phenoxy) is 3. The van der Waals surface area contributed by atoms with E-state index < -0.39 is 0 Å². The van der Waals surface area contributed by atoms with Crippen molar-refractivity contribution in [3.05, 3.63) is 53.5 Å². The second kappa shape index (κ2) is 11.3. The molecule has 0 aliphatic heterocycles. The van der Waals surface area contributed by atoms with E-state index in [-0.39, 0.29) is 5.82 Å². The van der Waals surface area contributed by atoms with E-state index in [4.69, 9.17) is 14.2 Å². The van der Waals surface area contributed by atoms with Gasteiger partial charge in [0.25, 0.3) is 0 Å². The molecular formula is C24H31FN4O3. The van der Waals surface area contributed by atoms with Crippen LogP contribution in [0.25, 0.3) is 10.9 Å². The molecule has 2 aromatic carbocycles. The molecule has 3 N–H and O–H groups in total. The zero-order valence-corrected chi connectivity index (χ0v) is 19.0. The number of H-pyrrole nitrogens is 1. The predicted octanol–water partition coefficient (Wildman–Crippen LogP) is 3.67. The Balaban J connectivity index is 1.62. The Hall–Kier alpha value is -3.42. The van der Waals surface area contributed by atoms with Crippen LogP contribution in [0.2, 0.25) is 0 Å². The van der Waals surface area contributed by atoms with Gasteiger partial charge in [0.05, 0.1) is 21.3 Å². The molecule has 0 unspecified atom stereocenters. The zero-order chi connectivity index (χ0) is 22.9. The van der Waals surface area contributed by atoms with Gasteiger partial charge in [0, 0.05) is 42.3 Å². The summed E-state index contributed by atoms with van der Waals surface area (Å²) >= 11 is 0. The van der Waals surface area contributed by atoms with Gasteiger partial charge < -0.3 is 29.8 Å². The maximum absolute atomic E-state index is 13.6. The molecule has 1 heterocycles. The number of rotatable bonds is 10. The van der Waals surface area contributed by atoms with E-state index in [1.165, 1.54) is 6.07 Å². The lowest BCUT2D eigenvalue weighted by atomic mass is 10.1. The number of nitrogens with zero attached hydrogens (tertiary/aromatic N) is 1. The summed E-state index contributed by atoms with van der Waals surface area (Å²) in [5.41, 5.74) is 2.99. The van der Waals surface area contributed by atoms with Crippen LogP contribution in [0.3, 0.4) is 0 Å². The first-order chi connectivity index (χ1) is 15.6. The molecule has 1 aromatic heterocycles. The lowest BCUT2D eigenvalue weighted by Crippen LogP contribution is -2.38. The summed E-state index contributed by atoms with van der Waals surface area (Å²) in [7, 11) is 4.81. The van der Waals surface area contributed by atoms with Crippen LogP contribution in [0.15, 0.2) is 41.5 Å². The Kier molecular flexibility index (Phi) is 8.19. The van der Waals surface area contributed by atoms with Crippen molar-refractivity contribution in [2.45, 2.75) is 19.8 Å². The Morgan fingerprint density at radius 2 is 1.78 bits per heavy atom. The maximum Gasteiger partial charge on any atom is 0.203 e. The van der Waals surface area contributed by atoms with Gasteiger partial charge in [0.1, 0.15) is 5.82 Å². The number of aromatic nitrogens is 1. The van der Waals surface area contributed by atoms with Crippen molar-refractivity contribution in [1.82, 2.24) is 15.6 Å². The topological polar surface area (TPSA) is 79.9 Å². The number of nitrogens with one attached hydrogen (secondary N) is 3. The minimum atomic E-state index is -0.230. The van der Waals surface area contributed by atoms with Crippen LogP contribution in [-0.4, -0.2) is 51.9 Å². The molecule has 0 amide bonds. The summed E-state index contributed by atoms with van der Waals surface area (Å²) in [6.45, 7) is 4.02. The maximum atomic E-state index is 13.6. The number of hydrogen-bond acceptors (Lipinski definition) is 4. The average Bonchev–Trinajstić information content (AvgIpc) is 3.20. The molecule has 3 rings (SSSR count). The number of guanidine groups is 1. The Morgan fingerprint density at radius 3 is 2.50 bits per heavy atom. The summed E-state index contributed by atoms with van der Waals surface area (Å²) in [6.07, 6.45) is 3.36. The summed E-state index contributed by atoms with van der Waals surface area (Å²) in [5.74, 6) is 2.37. The number of hydrogen-bond donors (Lipinski definition) is 3. The average molecular weight is 443 g/mol. The first kappa shape index (κ1) is 23.2. The lowest BCUT2D eigenvalue weighted by molar-refractivity contribution is 0.322. The Morgan fingerprint density at radius 1 is 0.969 bits per heavy atom. The molecule has 0 radical (unpaired) electrons. The highest BCUT2D eigenvalue weighted by Crippen LogP contribution is 2.39. The third-order valence-corrected chi connectivity index (χ3v) is 5.20. The molecule has 3 aromatic rings. The molecule has 0 bridgehead atoms. The van der Waals surface area contributed by atoms with Crippen molar-refractivity contribution < 1.29 is 18.6 Å². The SMILES string of the molecule is CCNC(=NCCc1ccc(OC)c(OC)c1OC)NCCc1c[nH]c2ccc(F)cc12. The minimum Gasteiger partial charge on any atom is -0.493 e. The monoisotopic (exact) mass is 442 g/mol. The fourth-order valence-corrected chi connectivity index (χ4v) is 3.66. The van der Waals surface area contributed by atoms with Crippen molar-refractivity contribution >= 4 is 16.9 Å². The number of methoxy groups -OCH3 is 3. The quantitative estimate of drug-likeness (QED) is 0.330. The van der Waals surface area contributed by atoms with Gasteiger partial charge in [-0.1, -0.05) is 6.07 Å². The number of fused-ring (bicyclic) bond motifs is 1.